The van der Waals surface area contributed by atoms with Crippen LogP contribution in [0.15, 0.2) is 24.3 Å². The topological polar surface area (TPSA) is 46.3 Å². The molecule has 1 fully saturated rings. The van der Waals surface area contributed by atoms with Crippen molar-refractivity contribution in [2.75, 3.05) is 6.54 Å². The smallest absolute Gasteiger partial charge is 0.236 e. The van der Waals surface area contributed by atoms with Gasteiger partial charge < -0.3 is 10.6 Å². The van der Waals surface area contributed by atoms with Gasteiger partial charge in [0.05, 0.1) is 6.54 Å². The van der Waals surface area contributed by atoms with Crippen LogP contribution >= 0.6 is 0 Å². The van der Waals surface area contributed by atoms with Crippen molar-refractivity contribution < 1.29 is 4.79 Å². The zero-order valence-electron chi connectivity index (χ0n) is 11.1. The van der Waals surface area contributed by atoms with Crippen LogP contribution in [-0.2, 0) is 11.3 Å². The first-order valence-corrected chi connectivity index (χ1v) is 6.76. The molecule has 2 rings (SSSR count). The highest BCUT2D eigenvalue weighted by molar-refractivity contribution is 5.78. The molecule has 1 aliphatic rings. The second-order valence-electron chi connectivity index (χ2n) is 5.15. The standard InChI is InChI=1S/C15H22N2O/c1-12-5-4-6-13(9-12)11-17(15(18)10-16)14-7-2-3-8-14/h4-6,9,14H,2-3,7-8,10-11,16H2,1H3. The molecule has 0 bridgehead atoms. The second kappa shape index (κ2) is 6.01. The zero-order chi connectivity index (χ0) is 13.0. The number of hydrogen-bond donors (Lipinski definition) is 1. The molecule has 1 aromatic carbocycles. The fraction of sp³-hybridized carbons (Fsp3) is 0.533. The number of carbonyl (C=O) groups excluding carboxylic acids is 1. The lowest BCUT2D eigenvalue weighted by molar-refractivity contribution is -0.132. The van der Waals surface area contributed by atoms with Crippen molar-refractivity contribution in [2.45, 2.75) is 45.2 Å². The fourth-order valence-corrected chi connectivity index (χ4v) is 2.76. The average molecular weight is 246 g/mol. The summed E-state index contributed by atoms with van der Waals surface area (Å²) in [5, 5.41) is 0. The van der Waals surface area contributed by atoms with Crippen molar-refractivity contribution in [1.82, 2.24) is 4.90 Å². The lowest BCUT2D eigenvalue weighted by atomic mass is 10.1. The number of benzene rings is 1. The minimum Gasteiger partial charge on any atom is -0.334 e. The third kappa shape index (κ3) is 3.10. The van der Waals surface area contributed by atoms with Crippen LogP contribution in [-0.4, -0.2) is 23.4 Å². The summed E-state index contributed by atoms with van der Waals surface area (Å²) in [6.07, 6.45) is 4.70. The normalized spacial score (nSPS) is 15.9. The monoisotopic (exact) mass is 246 g/mol. The van der Waals surface area contributed by atoms with Gasteiger partial charge in [0, 0.05) is 12.6 Å². The summed E-state index contributed by atoms with van der Waals surface area (Å²) in [5.74, 6) is 0.0726. The van der Waals surface area contributed by atoms with Gasteiger partial charge in [0.1, 0.15) is 0 Å². The molecule has 0 aromatic heterocycles. The van der Waals surface area contributed by atoms with E-state index in [2.05, 4.69) is 25.1 Å². The van der Waals surface area contributed by atoms with E-state index in [4.69, 9.17) is 5.73 Å². The van der Waals surface area contributed by atoms with Gasteiger partial charge >= 0.3 is 0 Å². The van der Waals surface area contributed by atoms with E-state index in [9.17, 15) is 4.79 Å². The van der Waals surface area contributed by atoms with E-state index in [-0.39, 0.29) is 12.5 Å². The fourth-order valence-electron chi connectivity index (χ4n) is 2.76. The average Bonchev–Trinajstić information content (AvgIpc) is 2.89. The summed E-state index contributed by atoms with van der Waals surface area (Å²) in [7, 11) is 0. The maximum Gasteiger partial charge on any atom is 0.236 e. The summed E-state index contributed by atoms with van der Waals surface area (Å²) in [5.41, 5.74) is 7.97. The highest BCUT2D eigenvalue weighted by Crippen LogP contribution is 2.25. The van der Waals surface area contributed by atoms with Crippen LogP contribution in [0.5, 0.6) is 0 Å². The number of amides is 1. The lowest BCUT2D eigenvalue weighted by Gasteiger charge is -2.29. The predicted molar refractivity (Wildman–Crippen MR) is 73.0 cm³/mol. The van der Waals surface area contributed by atoms with Gasteiger partial charge in [0.25, 0.3) is 0 Å². The van der Waals surface area contributed by atoms with Crippen LogP contribution in [0.2, 0.25) is 0 Å². The molecule has 2 N–H and O–H groups in total. The van der Waals surface area contributed by atoms with Gasteiger partial charge in [-0.15, -0.1) is 0 Å². The predicted octanol–water partition coefficient (Wildman–Crippen LogP) is 2.22. The number of aryl methyl sites for hydroxylation is 1. The molecule has 3 heteroatoms. The first-order valence-electron chi connectivity index (χ1n) is 6.76. The highest BCUT2D eigenvalue weighted by Gasteiger charge is 2.25. The van der Waals surface area contributed by atoms with Gasteiger partial charge in [-0.25, -0.2) is 0 Å². The molecule has 98 valence electrons. The SMILES string of the molecule is Cc1cccc(CN(C(=O)CN)C2CCCC2)c1. The van der Waals surface area contributed by atoms with Crippen molar-refractivity contribution in [2.24, 2.45) is 5.73 Å². The van der Waals surface area contributed by atoms with E-state index in [0.29, 0.717) is 12.6 Å². The molecule has 0 aliphatic heterocycles. The van der Waals surface area contributed by atoms with Crippen molar-refractivity contribution >= 4 is 5.91 Å². The molecule has 1 amide bonds. The Bertz CT molecular complexity index is 411. The van der Waals surface area contributed by atoms with Gasteiger partial charge in [0.2, 0.25) is 5.91 Å². The van der Waals surface area contributed by atoms with E-state index >= 15 is 0 Å². The number of rotatable bonds is 4. The Morgan fingerprint density at radius 2 is 2.11 bits per heavy atom. The van der Waals surface area contributed by atoms with Gasteiger partial charge in [-0.05, 0) is 25.3 Å². The summed E-state index contributed by atoms with van der Waals surface area (Å²) >= 11 is 0. The molecule has 1 saturated carbocycles. The number of carbonyl (C=O) groups is 1. The summed E-state index contributed by atoms with van der Waals surface area (Å²) in [6.45, 7) is 2.89. The first kappa shape index (κ1) is 13.1. The Balaban J connectivity index is 2.11. The molecule has 18 heavy (non-hydrogen) atoms. The highest BCUT2D eigenvalue weighted by atomic mass is 16.2. The molecule has 3 nitrogen and oxygen atoms in total. The Morgan fingerprint density at radius 3 is 2.72 bits per heavy atom. The molecular weight excluding hydrogens is 224 g/mol. The molecule has 0 unspecified atom stereocenters. The van der Waals surface area contributed by atoms with E-state index in [0.717, 1.165) is 12.8 Å². The van der Waals surface area contributed by atoms with Gasteiger partial charge in [-0.2, -0.15) is 0 Å². The molecule has 1 aliphatic carbocycles. The third-order valence-corrected chi connectivity index (χ3v) is 3.70. The molecule has 0 radical (unpaired) electrons. The van der Waals surface area contributed by atoms with E-state index in [1.54, 1.807) is 0 Å². The molecule has 1 aromatic rings. The second-order valence-corrected chi connectivity index (χ2v) is 5.15. The number of nitrogens with two attached hydrogens (primary N) is 1. The van der Waals surface area contributed by atoms with Crippen LogP contribution < -0.4 is 5.73 Å². The largest absolute Gasteiger partial charge is 0.334 e. The van der Waals surface area contributed by atoms with E-state index in [1.165, 1.54) is 24.0 Å². The van der Waals surface area contributed by atoms with Crippen LogP contribution in [0.3, 0.4) is 0 Å². The Morgan fingerprint density at radius 1 is 1.39 bits per heavy atom. The third-order valence-electron chi connectivity index (χ3n) is 3.70. The molecule has 0 saturated heterocycles. The van der Waals surface area contributed by atoms with E-state index < -0.39 is 0 Å². The maximum absolute atomic E-state index is 12.0. The van der Waals surface area contributed by atoms with Crippen molar-refractivity contribution in [3.05, 3.63) is 35.4 Å². The van der Waals surface area contributed by atoms with Crippen LogP contribution in [0, 0.1) is 6.92 Å². The Kier molecular flexibility index (Phi) is 4.37. The maximum atomic E-state index is 12.0. The van der Waals surface area contributed by atoms with Crippen LogP contribution in [0.1, 0.15) is 36.8 Å². The van der Waals surface area contributed by atoms with Gasteiger partial charge in [0.15, 0.2) is 0 Å². The van der Waals surface area contributed by atoms with Crippen LogP contribution in [0.4, 0.5) is 0 Å². The lowest BCUT2D eigenvalue weighted by Crippen LogP contribution is -2.41. The van der Waals surface area contributed by atoms with Crippen LogP contribution in [0.25, 0.3) is 0 Å². The minimum absolute atomic E-state index is 0.0726. The Labute approximate surface area is 109 Å². The van der Waals surface area contributed by atoms with Crippen molar-refractivity contribution in [3.63, 3.8) is 0 Å². The van der Waals surface area contributed by atoms with Crippen molar-refractivity contribution in [3.8, 4) is 0 Å². The summed E-state index contributed by atoms with van der Waals surface area (Å²) < 4.78 is 0. The summed E-state index contributed by atoms with van der Waals surface area (Å²) in [4.78, 5) is 14.0. The quantitative estimate of drug-likeness (QED) is 0.885. The summed E-state index contributed by atoms with van der Waals surface area (Å²) in [6, 6.07) is 8.74. The number of nitrogens with zero attached hydrogens (tertiary/aromatic N) is 1. The van der Waals surface area contributed by atoms with Crippen molar-refractivity contribution in [1.29, 1.82) is 0 Å². The molecular formula is C15H22N2O. The first-order chi connectivity index (χ1) is 8.70. The molecule has 0 atom stereocenters. The van der Waals surface area contributed by atoms with E-state index in [1.807, 2.05) is 11.0 Å². The van der Waals surface area contributed by atoms with Gasteiger partial charge in [-0.3, -0.25) is 4.79 Å². The Hall–Kier alpha value is -1.35. The molecule has 0 spiro atoms. The van der Waals surface area contributed by atoms with Gasteiger partial charge in [-0.1, -0.05) is 42.7 Å². The number of hydrogen-bond acceptors (Lipinski definition) is 2. The minimum atomic E-state index is 0.0726. The molecule has 0 heterocycles. The zero-order valence-corrected chi connectivity index (χ0v) is 11.1.